The van der Waals surface area contributed by atoms with Crippen molar-refractivity contribution in [2.75, 3.05) is 16.4 Å². The molecular formula is C20H18F3N5O3S2. The molecule has 0 aliphatic heterocycles. The highest BCUT2D eigenvalue weighted by Crippen LogP contribution is 2.37. The largest absolute Gasteiger partial charge is 0.418 e. The Balaban J connectivity index is 1.65. The van der Waals surface area contributed by atoms with Gasteiger partial charge in [-0.2, -0.15) is 13.2 Å². The number of nitro benzene ring substituents is 1. The van der Waals surface area contributed by atoms with Crippen LogP contribution in [0, 0.1) is 17.0 Å². The Labute approximate surface area is 194 Å². The Morgan fingerprint density at radius 3 is 2.67 bits per heavy atom. The quantitative estimate of drug-likeness (QED) is 0.230. The highest BCUT2D eigenvalue weighted by atomic mass is 32.2. The molecule has 174 valence electrons. The summed E-state index contributed by atoms with van der Waals surface area (Å²) in [5.41, 5.74) is 0.531. The van der Waals surface area contributed by atoms with Gasteiger partial charge < -0.3 is 10.6 Å². The summed E-state index contributed by atoms with van der Waals surface area (Å²) in [4.78, 5) is 22.1. The van der Waals surface area contributed by atoms with Crippen LogP contribution in [-0.2, 0) is 17.4 Å². The Bertz CT molecular complexity index is 1180. The average molecular weight is 498 g/mol. The van der Waals surface area contributed by atoms with Gasteiger partial charge in [-0.05, 0) is 30.5 Å². The number of aromatic nitrogens is 2. The van der Waals surface area contributed by atoms with Crippen molar-refractivity contribution in [2.45, 2.75) is 30.8 Å². The number of aryl methyl sites for hydroxylation is 2. The van der Waals surface area contributed by atoms with E-state index in [4.69, 9.17) is 0 Å². The standard InChI is InChI=1S/C20H18F3N5O3S2/c1-3-12-6-4-5-11(2)17(12)25-18-26-27-19(33-18)32-10-16(29)24-15-8-7-13(28(30)31)9-14(15)20(21,22)23/h4-9H,3,10H2,1-2H3,(H,24,29)(H,25,26). The molecule has 13 heteroatoms. The predicted octanol–water partition coefficient (Wildman–Crippen LogP) is 5.81. The Hall–Kier alpha value is -3.19. The van der Waals surface area contributed by atoms with Crippen LogP contribution in [0.15, 0.2) is 40.7 Å². The second-order valence-electron chi connectivity index (χ2n) is 6.78. The lowest BCUT2D eigenvalue weighted by molar-refractivity contribution is -0.385. The van der Waals surface area contributed by atoms with Gasteiger partial charge in [0.05, 0.1) is 21.9 Å². The molecule has 0 unspecified atom stereocenters. The van der Waals surface area contributed by atoms with Crippen molar-refractivity contribution in [3.63, 3.8) is 0 Å². The molecule has 0 spiro atoms. The maximum atomic E-state index is 13.3. The number of para-hydroxylation sites is 1. The lowest BCUT2D eigenvalue weighted by Crippen LogP contribution is -2.18. The van der Waals surface area contributed by atoms with Crippen LogP contribution < -0.4 is 10.6 Å². The number of non-ortho nitro benzene ring substituents is 1. The van der Waals surface area contributed by atoms with Crippen LogP contribution in [-0.4, -0.2) is 26.8 Å². The molecule has 0 fully saturated rings. The predicted molar refractivity (Wildman–Crippen MR) is 121 cm³/mol. The molecule has 0 saturated carbocycles. The summed E-state index contributed by atoms with van der Waals surface area (Å²) < 4.78 is 40.2. The van der Waals surface area contributed by atoms with Crippen LogP contribution in [0.5, 0.6) is 0 Å². The number of thioether (sulfide) groups is 1. The number of amides is 1. The topological polar surface area (TPSA) is 110 Å². The van der Waals surface area contributed by atoms with Gasteiger partial charge in [0.2, 0.25) is 11.0 Å². The second kappa shape index (κ2) is 10.2. The van der Waals surface area contributed by atoms with Crippen LogP contribution in [0.25, 0.3) is 0 Å². The third kappa shape index (κ3) is 6.20. The van der Waals surface area contributed by atoms with Crippen LogP contribution in [0.3, 0.4) is 0 Å². The monoisotopic (exact) mass is 497 g/mol. The second-order valence-corrected chi connectivity index (χ2v) is 8.98. The Morgan fingerprint density at radius 1 is 1.24 bits per heavy atom. The van der Waals surface area contributed by atoms with Crippen molar-refractivity contribution in [1.82, 2.24) is 10.2 Å². The van der Waals surface area contributed by atoms with E-state index in [0.717, 1.165) is 47.1 Å². The molecule has 3 rings (SSSR count). The van der Waals surface area contributed by atoms with E-state index in [1.54, 1.807) is 0 Å². The SMILES string of the molecule is CCc1cccc(C)c1Nc1nnc(SCC(=O)Nc2ccc([N+](=O)[O-])cc2C(F)(F)F)s1. The van der Waals surface area contributed by atoms with E-state index in [1.165, 1.54) is 11.3 Å². The van der Waals surface area contributed by atoms with Crippen molar-refractivity contribution < 1.29 is 22.9 Å². The molecule has 0 saturated heterocycles. The fraction of sp³-hybridized carbons (Fsp3) is 0.250. The minimum absolute atomic E-state index is 0.215. The summed E-state index contributed by atoms with van der Waals surface area (Å²) in [6.07, 6.45) is -4.04. The van der Waals surface area contributed by atoms with Crippen LogP contribution in [0.2, 0.25) is 0 Å². The molecule has 3 aromatic rings. The summed E-state index contributed by atoms with van der Waals surface area (Å²) in [6, 6.07) is 8.09. The normalized spacial score (nSPS) is 11.3. The van der Waals surface area contributed by atoms with Gasteiger partial charge in [-0.3, -0.25) is 14.9 Å². The fourth-order valence-corrected chi connectivity index (χ4v) is 4.49. The van der Waals surface area contributed by atoms with Crippen molar-refractivity contribution >= 4 is 51.2 Å². The molecule has 1 aromatic heterocycles. The van der Waals surface area contributed by atoms with E-state index in [1.807, 2.05) is 32.0 Å². The Kier molecular flexibility index (Phi) is 7.53. The molecule has 0 atom stereocenters. The number of nitrogens with one attached hydrogen (secondary N) is 2. The van der Waals surface area contributed by atoms with Gasteiger partial charge in [-0.15, -0.1) is 10.2 Å². The Morgan fingerprint density at radius 2 is 2.00 bits per heavy atom. The number of alkyl halides is 3. The van der Waals surface area contributed by atoms with Gasteiger partial charge in [0.25, 0.3) is 5.69 Å². The molecule has 2 N–H and O–H groups in total. The number of hydrogen-bond acceptors (Lipinski definition) is 8. The highest BCUT2D eigenvalue weighted by molar-refractivity contribution is 8.01. The first-order valence-corrected chi connectivity index (χ1v) is 11.4. The number of halogens is 3. The summed E-state index contributed by atoms with van der Waals surface area (Å²) in [5.74, 6) is -0.927. The lowest BCUT2D eigenvalue weighted by atomic mass is 10.1. The number of rotatable bonds is 8. The number of carbonyl (C=O) groups excluding carboxylic acids is 1. The van der Waals surface area contributed by atoms with E-state index in [2.05, 4.69) is 20.8 Å². The first-order valence-electron chi connectivity index (χ1n) is 9.55. The van der Waals surface area contributed by atoms with Crippen molar-refractivity contribution in [3.05, 3.63) is 63.2 Å². The summed E-state index contributed by atoms with van der Waals surface area (Å²) >= 11 is 2.23. The number of nitrogens with zero attached hydrogens (tertiary/aromatic N) is 3. The van der Waals surface area contributed by atoms with Gasteiger partial charge in [0.15, 0.2) is 4.34 Å². The molecule has 0 radical (unpaired) electrons. The van der Waals surface area contributed by atoms with E-state index in [9.17, 15) is 28.1 Å². The third-order valence-electron chi connectivity index (χ3n) is 4.50. The minimum Gasteiger partial charge on any atom is -0.330 e. The maximum absolute atomic E-state index is 13.3. The van der Waals surface area contributed by atoms with E-state index < -0.39 is 33.9 Å². The number of carbonyl (C=O) groups is 1. The van der Waals surface area contributed by atoms with E-state index in [-0.39, 0.29) is 5.75 Å². The van der Waals surface area contributed by atoms with Crippen molar-refractivity contribution in [1.29, 1.82) is 0 Å². The van der Waals surface area contributed by atoms with Crippen LogP contribution >= 0.6 is 23.1 Å². The zero-order chi connectivity index (χ0) is 24.2. The molecule has 0 aliphatic carbocycles. The smallest absolute Gasteiger partial charge is 0.330 e. The molecular weight excluding hydrogens is 479 g/mol. The van der Waals surface area contributed by atoms with Crippen LogP contribution in [0.1, 0.15) is 23.6 Å². The molecule has 0 aliphatic rings. The lowest BCUT2D eigenvalue weighted by Gasteiger charge is -2.13. The van der Waals surface area contributed by atoms with Gasteiger partial charge in [0, 0.05) is 17.8 Å². The average Bonchev–Trinajstić information content (AvgIpc) is 3.20. The highest BCUT2D eigenvalue weighted by Gasteiger charge is 2.35. The zero-order valence-electron chi connectivity index (χ0n) is 17.4. The molecule has 1 amide bonds. The van der Waals surface area contributed by atoms with Gasteiger partial charge >= 0.3 is 6.18 Å². The molecule has 2 aromatic carbocycles. The van der Waals surface area contributed by atoms with Crippen LogP contribution in [0.4, 0.5) is 35.4 Å². The van der Waals surface area contributed by atoms with Gasteiger partial charge in [-0.1, -0.05) is 48.2 Å². The summed E-state index contributed by atoms with van der Waals surface area (Å²) in [6.45, 7) is 4.00. The van der Waals surface area contributed by atoms with E-state index >= 15 is 0 Å². The first-order chi connectivity index (χ1) is 15.6. The van der Waals surface area contributed by atoms with Crippen molar-refractivity contribution in [3.8, 4) is 0 Å². The van der Waals surface area contributed by atoms with Crippen molar-refractivity contribution in [2.24, 2.45) is 0 Å². The molecule has 33 heavy (non-hydrogen) atoms. The first kappa shape index (κ1) is 24.5. The number of anilines is 3. The third-order valence-corrected chi connectivity index (χ3v) is 6.47. The molecule has 0 bridgehead atoms. The number of nitro groups is 1. The van der Waals surface area contributed by atoms with E-state index in [0.29, 0.717) is 15.5 Å². The molecule has 1 heterocycles. The van der Waals surface area contributed by atoms with Gasteiger partial charge in [-0.25, -0.2) is 0 Å². The zero-order valence-corrected chi connectivity index (χ0v) is 19.0. The fourth-order valence-electron chi connectivity index (χ4n) is 2.93. The minimum atomic E-state index is -4.87. The molecule has 8 nitrogen and oxygen atoms in total. The van der Waals surface area contributed by atoms with Gasteiger partial charge in [0.1, 0.15) is 0 Å². The number of benzene rings is 2. The maximum Gasteiger partial charge on any atom is 0.418 e. The summed E-state index contributed by atoms with van der Waals surface area (Å²) in [5, 5.41) is 24.7. The summed E-state index contributed by atoms with van der Waals surface area (Å²) in [7, 11) is 0. The number of hydrogen-bond donors (Lipinski definition) is 2.